The Hall–Kier alpha value is -2.89. The van der Waals surface area contributed by atoms with E-state index in [2.05, 4.69) is 10.3 Å². The summed E-state index contributed by atoms with van der Waals surface area (Å²) in [5, 5.41) is 2.76. The van der Waals surface area contributed by atoms with E-state index in [0.717, 1.165) is 5.56 Å². The molecule has 0 radical (unpaired) electrons. The van der Waals surface area contributed by atoms with Crippen LogP contribution in [0.5, 0.6) is 0 Å². The minimum Gasteiger partial charge on any atom is -0.406 e. The molecule has 0 aliphatic rings. The van der Waals surface area contributed by atoms with Crippen molar-refractivity contribution in [1.29, 1.82) is 0 Å². The van der Waals surface area contributed by atoms with Crippen molar-refractivity contribution in [3.8, 4) is 0 Å². The zero-order valence-electron chi connectivity index (χ0n) is 11.2. The molecule has 0 atom stereocenters. The Labute approximate surface area is 120 Å². The molecule has 3 aromatic rings. The Morgan fingerprint density at radius 3 is 2.81 bits per heavy atom. The topological polar surface area (TPSA) is 77.1 Å². The average Bonchev–Trinajstić information content (AvgIpc) is 2.82. The van der Waals surface area contributed by atoms with Crippen LogP contribution in [0.2, 0.25) is 0 Å². The first kappa shape index (κ1) is 13.1. The monoisotopic (exact) mass is 283 g/mol. The minimum atomic E-state index is -0.585. The van der Waals surface area contributed by atoms with E-state index in [4.69, 9.17) is 4.42 Å². The lowest BCUT2D eigenvalue weighted by molar-refractivity contribution is -0.121. The number of pyridine rings is 1. The molecule has 106 valence electrons. The van der Waals surface area contributed by atoms with Gasteiger partial charge in [0.2, 0.25) is 5.91 Å². The number of benzene rings is 1. The number of oxazole rings is 1. The van der Waals surface area contributed by atoms with Crippen LogP contribution in [0.25, 0.3) is 11.2 Å². The van der Waals surface area contributed by atoms with Gasteiger partial charge in [-0.2, -0.15) is 0 Å². The summed E-state index contributed by atoms with van der Waals surface area (Å²) in [7, 11) is 0. The summed E-state index contributed by atoms with van der Waals surface area (Å²) in [5.74, 6) is -0.854. The van der Waals surface area contributed by atoms with Crippen LogP contribution < -0.4 is 11.1 Å². The van der Waals surface area contributed by atoms with Crippen LogP contribution in [-0.2, 0) is 17.9 Å². The Morgan fingerprint density at radius 1 is 1.19 bits per heavy atom. The van der Waals surface area contributed by atoms with Gasteiger partial charge in [0.1, 0.15) is 6.54 Å². The van der Waals surface area contributed by atoms with Crippen molar-refractivity contribution < 1.29 is 9.21 Å². The number of fused-ring (bicyclic) bond motifs is 1. The summed E-state index contributed by atoms with van der Waals surface area (Å²) in [6.45, 7) is 0.299. The largest absolute Gasteiger partial charge is 0.421 e. The maximum Gasteiger partial charge on any atom is 0.421 e. The second kappa shape index (κ2) is 5.62. The lowest BCUT2D eigenvalue weighted by Crippen LogP contribution is -2.30. The predicted octanol–water partition coefficient (Wildman–Crippen LogP) is 1.31. The third kappa shape index (κ3) is 2.84. The molecule has 0 unspecified atom stereocenters. The Morgan fingerprint density at radius 2 is 2.00 bits per heavy atom. The number of hydrogen-bond donors (Lipinski definition) is 1. The number of nitrogens with zero attached hydrogens (tertiary/aromatic N) is 2. The Bertz CT molecular complexity index is 821. The molecule has 0 fully saturated rings. The SMILES string of the molecule is O=C(Cn1c(=O)oc2cccnc21)NCc1ccccc1. The summed E-state index contributed by atoms with van der Waals surface area (Å²) in [5.41, 5.74) is 1.74. The second-order valence-electron chi connectivity index (χ2n) is 4.54. The normalized spacial score (nSPS) is 10.7. The number of carbonyl (C=O) groups excluding carboxylic acids is 1. The van der Waals surface area contributed by atoms with E-state index in [0.29, 0.717) is 17.8 Å². The van der Waals surface area contributed by atoms with Crippen molar-refractivity contribution >= 4 is 17.1 Å². The quantitative estimate of drug-likeness (QED) is 0.783. The molecule has 2 aromatic heterocycles. The first-order valence-corrected chi connectivity index (χ1v) is 6.49. The van der Waals surface area contributed by atoms with Crippen molar-refractivity contribution in [2.24, 2.45) is 0 Å². The minimum absolute atomic E-state index is 0.115. The maximum atomic E-state index is 11.9. The van der Waals surface area contributed by atoms with E-state index in [1.54, 1.807) is 18.3 Å². The van der Waals surface area contributed by atoms with Gasteiger partial charge in [0.25, 0.3) is 0 Å². The van der Waals surface area contributed by atoms with Crippen LogP contribution >= 0.6 is 0 Å². The van der Waals surface area contributed by atoms with Crippen LogP contribution in [-0.4, -0.2) is 15.5 Å². The molecule has 0 aliphatic heterocycles. The maximum absolute atomic E-state index is 11.9. The lowest BCUT2D eigenvalue weighted by atomic mass is 10.2. The first-order chi connectivity index (χ1) is 10.2. The molecule has 0 spiro atoms. The number of aromatic nitrogens is 2. The van der Waals surface area contributed by atoms with Crippen molar-refractivity contribution in [2.75, 3.05) is 0 Å². The van der Waals surface area contributed by atoms with Crippen LogP contribution in [0.3, 0.4) is 0 Å². The zero-order valence-corrected chi connectivity index (χ0v) is 11.2. The number of carbonyl (C=O) groups is 1. The van der Waals surface area contributed by atoms with Crippen LogP contribution in [0.4, 0.5) is 0 Å². The van der Waals surface area contributed by atoms with Gasteiger partial charge in [-0.05, 0) is 17.7 Å². The van der Waals surface area contributed by atoms with Gasteiger partial charge in [-0.1, -0.05) is 30.3 Å². The van der Waals surface area contributed by atoms with Gasteiger partial charge < -0.3 is 9.73 Å². The molecule has 3 rings (SSSR count). The number of rotatable bonds is 4. The highest BCUT2D eigenvalue weighted by molar-refractivity contribution is 5.78. The summed E-state index contributed by atoms with van der Waals surface area (Å²) in [4.78, 5) is 27.7. The van der Waals surface area contributed by atoms with Crippen molar-refractivity contribution in [2.45, 2.75) is 13.1 Å². The first-order valence-electron chi connectivity index (χ1n) is 6.49. The number of amides is 1. The van der Waals surface area contributed by atoms with Gasteiger partial charge in [-0.15, -0.1) is 0 Å². The fourth-order valence-corrected chi connectivity index (χ4v) is 2.04. The highest BCUT2D eigenvalue weighted by Crippen LogP contribution is 2.08. The predicted molar refractivity (Wildman–Crippen MR) is 76.6 cm³/mol. The highest BCUT2D eigenvalue weighted by Gasteiger charge is 2.13. The van der Waals surface area contributed by atoms with E-state index < -0.39 is 5.76 Å². The smallest absolute Gasteiger partial charge is 0.406 e. The zero-order chi connectivity index (χ0) is 14.7. The van der Waals surface area contributed by atoms with E-state index in [9.17, 15) is 9.59 Å². The molecule has 0 bridgehead atoms. The fraction of sp³-hybridized carbons (Fsp3) is 0.133. The van der Waals surface area contributed by atoms with Gasteiger partial charge in [0.05, 0.1) is 0 Å². The molecule has 0 saturated heterocycles. The fourth-order valence-electron chi connectivity index (χ4n) is 2.04. The number of hydrogen-bond acceptors (Lipinski definition) is 4. The van der Waals surface area contributed by atoms with E-state index >= 15 is 0 Å². The molecular formula is C15H13N3O3. The third-order valence-electron chi connectivity index (χ3n) is 3.06. The van der Waals surface area contributed by atoms with Crippen LogP contribution in [0, 0.1) is 0 Å². The molecule has 1 N–H and O–H groups in total. The van der Waals surface area contributed by atoms with Crippen molar-refractivity contribution in [3.63, 3.8) is 0 Å². The van der Waals surface area contributed by atoms with Crippen LogP contribution in [0.15, 0.2) is 57.9 Å². The van der Waals surface area contributed by atoms with Crippen molar-refractivity contribution in [1.82, 2.24) is 14.9 Å². The molecule has 6 heteroatoms. The van der Waals surface area contributed by atoms with Crippen LogP contribution in [0.1, 0.15) is 5.56 Å². The molecule has 0 aliphatic carbocycles. The number of nitrogens with one attached hydrogen (secondary N) is 1. The molecule has 1 aromatic carbocycles. The van der Waals surface area contributed by atoms with Gasteiger partial charge in [-0.25, -0.2) is 14.3 Å². The molecule has 0 saturated carbocycles. The second-order valence-corrected chi connectivity index (χ2v) is 4.54. The van der Waals surface area contributed by atoms with Crippen molar-refractivity contribution in [3.05, 3.63) is 64.8 Å². The van der Waals surface area contributed by atoms with E-state index in [1.165, 1.54) is 4.57 Å². The van der Waals surface area contributed by atoms with E-state index in [-0.39, 0.29) is 12.5 Å². The van der Waals surface area contributed by atoms with Gasteiger partial charge >= 0.3 is 5.76 Å². The van der Waals surface area contributed by atoms with E-state index in [1.807, 2.05) is 30.3 Å². The Kier molecular flexibility index (Phi) is 3.51. The van der Waals surface area contributed by atoms with Gasteiger partial charge in [0.15, 0.2) is 11.2 Å². The summed E-state index contributed by atoms with van der Waals surface area (Å²) in [6.07, 6.45) is 1.55. The molecule has 6 nitrogen and oxygen atoms in total. The standard InChI is InChI=1S/C15H13N3O3/c19-13(17-9-11-5-2-1-3-6-11)10-18-14-12(21-15(18)20)7-4-8-16-14/h1-8H,9-10H2,(H,17,19). The molecule has 2 heterocycles. The highest BCUT2D eigenvalue weighted by atomic mass is 16.4. The molecular weight excluding hydrogens is 270 g/mol. The molecule has 21 heavy (non-hydrogen) atoms. The average molecular weight is 283 g/mol. The summed E-state index contributed by atoms with van der Waals surface area (Å²) in [6, 6.07) is 12.9. The van der Waals surface area contributed by atoms with Gasteiger partial charge in [0, 0.05) is 12.7 Å². The van der Waals surface area contributed by atoms with Gasteiger partial charge in [-0.3, -0.25) is 4.79 Å². The third-order valence-corrected chi connectivity index (χ3v) is 3.06. The lowest BCUT2D eigenvalue weighted by Gasteiger charge is -2.05. The summed E-state index contributed by atoms with van der Waals surface area (Å²) >= 11 is 0. The molecule has 1 amide bonds. The Balaban J connectivity index is 1.72. The summed E-state index contributed by atoms with van der Waals surface area (Å²) < 4.78 is 6.25.